The minimum atomic E-state index is -0.900. The predicted molar refractivity (Wildman–Crippen MR) is 134 cm³/mol. The van der Waals surface area contributed by atoms with Crippen LogP contribution in [0.15, 0.2) is 29.3 Å². The first-order chi connectivity index (χ1) is 16.9. The molecule has 1 aromatic carbocycles. The Kier molecular flexibility index (Phi) is 6.05. The van der Waals surface area contributed by atoms with Gasteiger partial charge in [-0.1, -0.05) is 30.0 Å². The molecule has 1 aromatic heterocycles. The van der Waals surface area contributed by atoms with Crippen LogP contribution in [-0.4, -0.2) is 77.2 Å². The van der Waals surface area contributed by atoms with Crippen molar-refractivity contribution in [2.45, 2.75) is 19.4 Å². The molecule has 8 nitrogen and oxygen atoms in total. The quantitative estimate of drug-likeness (QED) is 0.503. The average molecular weight is 495 g/mol. The molecule has 4 heterocycles. The molecule has 3 aliphatic heterocycles. The van der Waals surface area contributed by atoms with E-state index >= 15 is 4.39 Å². The maximum absolute atomic E-state index is 15.1. The number of aromatic nitrogens is 1. The number of hydrogen-bond donors (Lipinski definition) is 1. The Bertz CT molecular complexity index is 1250. The third-order valence-electron chi connectivity index (χ3n) is 7.30. The molecule has 182 valence electrons. The van der Waals surface area contributed by atoms with Crippen LogP contribution in [0.3, 0.4) is 0 Å². The number of amidine groups is 1. The van der Waals surface area contributed by atoms with Crippen LogP contribution in [0.4, 0.5) is 15.0 Å². The highest BCUT2D eigenvalue weighted by Crippen LogP contribution is 2.44. The number of likely N-dealkylation sites (tertiary alicyclic amines) is 1. The summed E-state index contributed by atoms with van der Waals surface area (Å²) in [6, 6.07) is 8.94. The summed E-state index contributed by atoms with van der Waals surface area (Å²) in [6.45, 7) is 3.54. The SMILES string of the molecule is C/N=C(\SC)N1CCc2c(nc(N3CCC4(CN(C(=O)O)C4)C3)c(C#N)c2-c2ccccc2F)C1. The van der Waals surface area contributed by atoms with E-state index in [1.807, 2.05) is 6.26 Å². The number of carboxylic acid groups (broad SMARTS) is 1. The number of hydrogen-bond acceptors (Lipinski definition) is 6. The lowest BCUT2D eigenvalue weighted by atomic mass is 9.79. The van der Waals surface area contributed by atoms with Crippen LogP contribution in [0.1, 0.15) is 23.2 Å². The summed E-state index contributed by atoms with van der Waals surface area (Å²) in [6.07, 6.45) is 2.56. The molecule has 3 aliphatic rings. The van der Waals surface area contributed by atoms with Gasteiger partial charge in [-0.05, 0) is 30.7 Å². The van der Waals surface area contributed by atoms with Gasteiger partial charge in [0.1, 0.15) is 23.3 Å². The van der Waals surface area contributed by atoms with Crippen LogP contribution in [0.5, 0.6) is 0 Å². The monoisotopic (exact) mass is 494 g/mol. The highest BCUT2D eigenvalue weighted by molar-refractivity contribution is 8.13. The largest absolute Gasteiger partial charge is 0.465 e. The van der Waals surface area contributed by atoms with Gasteiger partial charge in [0.25, 0.3) is 0 Å². The summed E-state index contributed by atoms with van der Waals surface area (Å²) >= 11 is 1.58. The summed E-state index contributed by atoms with van der Waals surface area (Å²) in [5, 5.41) is 20.5. The van der Waals surface area contributed by atoms with Gasteiger partial charge in [-0.2, -0.15) is 5.26 Å². The molecule has 0 saturated carbocycles. The molecule has 10 heteroatoms. The summed E-state index contributed by atoms with van der Waals surface area (Å²) in [5.74, 6) is 0.204. The smallest absolute Gasteiger partial charge is 0.407 e. The highest BCUT2D eigenvalue weighted by atomic mass is 32.2. The zero-order chi connectivity index (χ0) is 24.7. The fourth-order valence-electron chi connectivity index (χ4n) is 5.66. The van der Waals surface area contributed by atoms with Crippen molar-refractivity contribution in [2.75, 3.05) is 50.9 Å². The number of amides is 1. The third-order valence-corrected chi connectivity index (χ3v) is 8.10. The van der Waals surface area contributed by atoms with E-state index in [-0.39, 0.29) is 11.2 Å². The zero-order valence-electron chi connectivity index (χ0n) is 19.8. The molecule has 1 spiro atoms. The number of nitriles is 1. The maximum atomic E-state index is 15.1. The minimum Gasteiger partial charge on any atom is -0.465 e. The van der Waals surface area contributed by atoms with Gasteiger partial charge in [0.2, 0.25) is 0 Å². The number of rotatable bonds is 2. The first-order valence-corrected chi connectivity index (χ1v) is 12.8. The molecule has 5 rings (SSSR count). The van der Waals surface area contributed by atoms with E-state index in [9.17, 15) is 15.2 Å². The molecule has 2 fully saturated rings. The van der Waals surface area contributed by atoms with Gasteiger partial charge in [0, 0.05) is 56.3 Å². The molecule has 1 amide bonds. The number of fused-ring (bicyclic) bond motifs is 1. The number of halogens is 1. The van der Waals surface area contributed by atoms with Gasteiger partial charge in [-0.25, -0.2) is 14.2 Å². The molecular weight excluding hydrogens is 467 g/mol. The van der Waals surface area contributed by atoms with Crippen LogP contribution in [0, 0.1) is 22.6 Å². The average Bonchev–Trinajstić information content (AvgIpc) is 3.29. The molecule has 0 atom stereocenters. The van der Waals surface area contributed by atoms with E-state index in [0.29, 0.717) is 68.2 Å². The fraction of sp³-hybridized carbons (Fsp3) is 0.440. The Hall–Kier alpha value is -3.32. The minimum absolute atomic E-state index is 0.117. The van der Waals surface area contributed by atoms with Crippen molar-refractivity contribution >= 4 is 28.8 Å². The number of aliphatic imine (C=N–C) groups is 1. The van der Waals surface area contributed by atoms with Crippen molar-refractivity contribution in [3.63, 3.8) is 0 Å². The molecule has 2 aromatic rings. The molecule has 0 radical (unpaired) electrons. The normalized spacial score (nSPS) is 18.9. The number of thioether (sulfide) groups is 1. The highest BCUT2D eigenvalue weighted by Gasteiger charge is 2.50. The van der Waals surface area contributed by atoms with Crippen molar-refractivity contribution in [3.8, 4) is 17.2 Å². The molecule has 0 bridgehead atoms. The summed E-state index contributed by atoms with van der Waals surface area (Å²) < 4.78 is 15.1. The third kappa shape index (κ3) is 3.97. The van der Waals surface area contributed by atoms with Gasteiger partial charge in [-0.15, -0.1) is 0 Å². The maximum Gasteiger partial charge on any atom is 0.407 e. The van der Waals surface area contributed by atoms with Crippen molar-refractivity contribution in [3.05, 3.63) is 46.9 Å². The molecule has 1 N–H and O–H groups in total. The van der Waals surface area contributed by atoms with Crippen LogP contribution in [0.25, 0.3) is 11.1 Å². The standard InChI is InChI=1S/C25H27FN6O2S/c1-28-23(35-2)30-9-7-17-20(12-30)29-22(18(11-27)21(17)16-5-3-4-6-19(16)26)31-10-8-25(13-31)14-32(15-25)24(33)34/h3-6H,7-10,12-15H2,1-2H3,(H,33,34)/b28-23-. The molecule has 0 aliphatic carbocycles. The van der Waals surface area contributed by atoms with Crippen molar-refractivity contribution in [2.24, 2.45) is 10.4 Å². The lowest BCUT2D eigenvalue weighted by Gasteiger charge is -2.46. The Morgan fingerprint density at radius 1 is 1.26 bits per heavy atom. The number of anilines is 1. The van der Waals surface area contributed by atoms with Crippen LogP contribution in [-0.2, 0) is 13.0 Å². The number of benzene rings is 1. The molecular formula is C25H27FN6O2S. The first kappa shape index (κ1) is 23.4. The van der Waals surface area contributed by atoms with Crippen LogP contribution < -0.4 is 4.90 Å². The second-order valence-electron chi connectivity index (χ2n) is 9.39. The summed E-state index contributed by atoms with van der Waals surface area (Å²) in [4.78, 5) is 26.4. The predicted octanol–water partition coefficient (Wildman–Crippen LogP) is 3.66. The van der Waals surface area contributed by atoms with Gasteiger partial charge < -0.3 is 19.8 Å². The van der Waals surface area contributed by atoms with E-state index in [1.54, 1.807) is 37.0 Å². The van der Waals surface area contributed by atoms with Gasteiger partial charge in [0.15, 0.2) is 5.17 Å². The van der Waals surface area contributed by atoms with Gasteiger partial charge >= 0.3 is 6.09 Å². The summed E-state index contributed by atoms with van der Waals surface area (Å²) in [7, 11) is 1.77. The van der Waals surface area contributed by atoms with Crippen molar-refractivity contribution in [1.82, 2.24) is 14.8 Å². The first-order valence-electron chi connectivity index (χ1n) is 11.6. The number of nitrogens with zero attached hydrogens (tertiary/aromatic N) is 6. The van der Waals surface area contributed by atoms with Crippen molar-refractivity contribution in [1.29, 1.82) is 5.26 Å². The summed E-state index contributed by atoms with van der Waals surface area (Å²) in [5.41, 5.74) is 3.07. The van der Waals surface area contributed by atoms with Gasteiger partial charge in [0.05, 0.1) is 12.2 Å². The second kappa shape index (κ2) is 9.04. The lowest BCUT2D eigenvalue weighted by molar-refractivity contribution is 0.0251. The Morgan fingerprint density at radius 2 is 2.03 bits per heavy atom. The Labute approximate surface area is 208 Å². The van der Waals surface area contributed by atoms with Gasteiger partial charge in [-0.3, -0.25) is 4.99 Å². The number of pyridine rings is 1. The van der Waals surface area contributed by atoms with E-state index in [4.69, 9.17) is 4.98 Å². The van der Waals surface area contributed by atoms with Crippen molar-refractivity contribution < 1.29 is 14.3 Å². The fourth-order valence-corrected chi connectivity index (χ4v) is 6.26. The van der Waals surface area contributed by atoms with E-state index < -0.39 is 6.09 Å². The Balaban J connectivity index is 1.60. The second-order valence-corrected chi connectivity index (χ2v) is 10.2. The van der Waals surface area contributed by atoms with E-state index in [1.165, 1.54) is 11.0 Å². The molecule has 2 saturated heterocycles. The topological polar surface area (TPSA) is 96.1 Å². The molecule has 35 heavy (non-hydrogen) atoms. The molecule has 0 unspecified atom stereocenters. The van der Waals surface area contributed by atoms with Crippen LogP contribution in [0.2, 0.25) is 0 Å². The Morgan fingerprint density at radius 3 is 2.69 bits per heavy atom. The van der Waals surface area contributed by atoms with E-state index in [2.05, 4.69) is 20.9 Å². The lowest BCUT2D eigenvalue weighted by Crippen LogP contribution is -2.59. The van der Waals surface area contributed by atoms with Crippen LogP contribution >= 0.6 is 11.8 Å². The van der Waals surface area contributed by atoms with E-state index in [0.717, 1.165) is 22.8 Å². The zero-order valence-corrected chi connectivity index (χ0v) is 20.6. The number of carbonyl (C=O) groups is 1.